The molecule has 0 atom stereocenters. The first-order valence-electron chi connectivity index (χ1n) is 7.63. The number of nitro groups is 1. The highest BCUT2D eigenvalue weighted by atomic mass is 19.4. The number of hydrogen-bond acceptors (Lipinski definition) is 4. The number of benzene rings is 2. The van der Waals surface area contributed by atoms with Gasteiger partial charge in [-0.3, -0.25) is 14.9 Å². The fraction of sp³-hybridized carbons (Fsp3) is 0.235. The van der Waals surface area contributed by atoms with Gasteiger partial charge in [-0.1, -0.05) is 18.2 Å². The van der Waals surface area contributed by atoms with Gasteiger partial charge in [0.25, 0.3) is 11.6 Å². The molecular formula is C17H16F3N3O3. The zero-order chi connectivity index (χ0) is 19.3. The van der Waals surface area contributed by atoms with Crippen molar-refractivity contribution in [2.45, 2.75) is 13.1 Å². The van der Waals surface area contributed by atoms with Crippen LogP contribution in [0.25, 0.3) is 0 Å². The number of alkyl halides is 3. The minimum Gasteiger partial charge on any atom is -0.378 e. The first-order valence-corrected chi connectivity index (χ1v) is 7.63. The fourth-order valence-corrected chi connectivity index (χ4v) is 2.30. The fourth-order valence-electron chi connectivity index (χ4n) is 2.30. The standard InChI is InChI=1S/C17H16F3N3O3/c1-11-4-2-3-5-13(11)16(24)22-9-8-21-14-7-6-12(17(18,19)20)10-15(14)23(25)26/h2-7,10,21H,8-9H2,1H3,(H,22,24). The van der Waals surface area contributed by atoms with Crippen LogP contribution in [0.2, 0.25) is 0 Å². The lowest BCUT2D eigenvalue weighted by Crippen LogP contribution is -2.29. The number of carbonyl (C=O) groups is 1. The minimum absolute atomic E-state index is 0.0480. The molecule has 0 heterocycles. The topological polar surface area (TPSA) is 84.3 Å². The summed E-state index contributed by atoms with van der Waals surface area (Å²) in [7, 11) is 0. The Morgan fingerprint density at radius 2 is 1.85 bits per heavy atom. The molecule has 1 amide bonds. The first kappa shape index (κ1) is 19.2. The minimum atomic E-state index is -4.66. The molecular weight excluding hydrogens is 351 g/mol. The third-order valence-corrected chi connectivity index (χ3v) is 3.64. The number of amides is 1. The predicted molar refractivity (Wildman–Crippen MR) is 90.1 cm³/mol. The zero-order valence-corrected chi connectivity index (χ0v) is 13.8. The molecule has 0 aromatic heterocycles. The summed E-state index contributed by atoms with van der Waals surface area (Å²) in [5.74, 6) is -0.299. The van der Waals surface area contributed by atoms with Gasteiger partial charge in [-0.2, -0.15) is 13.2 Å². The van der Waals surface area contributed by atoms with Gasteiger partial charge in [-0.05, 0) is 30.7 Å². The van der Waals surface area contributed by atoms with Crippen molar-refractivity contribution in [1.82, 2.24) is 5.32 Å². The normalized spacial score (nSPS) is 11.1. The maximum atomic E-state index is 12.7. The van der Waals surface area contributed by atoms with E-state index in [1.807, 2.05) is 0 Å². The second kappa shape index (κ2) is 7.85. The Balaban J connectivity index is 1.98. The van der Waals surface area contributed by atoms with Crippen LogP contribution in [0.15, 0.2) is 42.5 Å². The molecule has 2 rings (SSSR count). The highest BCUT2D eigenvalue weighted by Gasteiger charge is 2.32. The number of carbonyl (C=O) groups excluding carboxylic acids is 1. The highest BCUT2D eigenvalue weighted by molar-refractivity contribution is 5.95. The van der Waals surface area contributed by atoms with Gasteiger partial charge in [0, 0.05) is 24.7 Å². The van der Waals surface area contributed by atoms with Gasteiger partial charge in [0.15, 0.2) is 0 Å². The SMILES string of the molecule is Cc1ccccc1C(=O)NCCNc1ccc(C(F)(F)F)cc1[N+](=O)[O-]. The van der Waals surface area contributed by atoms with Gasteiger partial charge >= 0.3 is 6.18 Å². The Hall–Kier alpha value is -3.10. The molecule has 138 valence electrons. The molecule has 6 nitrogen and oxygen atoms in total. The van der Waals surface area contributed by atoms with Crippen LogP contribution in [0.5, 0.6) is 0 Å². The van der Waals surface area contributed by atoms with Gasteiger partial charge in [-0.15, -0.1) is 0 Å². The average Bonchev–Trinajstić information content (AvgIpc) is 2.58. The molecule has 26 heavy (non-hydrogen) atoms. The van der Waals surface area contributed by atoms with Crippen molar-refractivity contribution in [2.24, 2.45) is 0 Å². The van der Waals surface area contributed by atoms with E-state index in [0.29, 0.717) is 11.6 Å². The van der Waals surface area contributed by atoms with Crippen LogP contribution < -0.4 is 10.6 Å². The van der Waals surface area contributed by atoms with E-state index in [9.17, 15) is 28.1 Å². The number of anilines is 1. The Bertz CT molecular complexity index is 822. The van der Waals surface area contributed by atoms with Gasteiger partial charge in [0.05, 0.1) is 10.5 Å². The molecule has 0 fully saturated rings. The van der Waals surface area contributed by atoms with Gasteiger partial charge in [0.2, 0.25) is 0 Å². The van der Waals surface area contributed by atoms with E-state index in [4.69, 9.17) is 0 Å². The van der Waals surface area contributed by atoms with Crippen LogP contribution in [-0.2, 0) is 6.18 Å². The lowest BCUT2D eigenvalue weighted by molar-refractivity contribution is -0.384. The number of halogens is 3. The lowest BCUT2D eigenvalue weighted by Gasteiger charge is -2.11. The molecule has 0 aliphatic rings. The summed E-state index contributed by atoms with van der Waals surface area (Å²) in [5, 5.41) is 16.3. The van der Waals surface area contributed by atoms with Gasteiger partial charge in [0.1, 0.15) is 5.69 Å². The number of nitrogens with zero attached hydrogens (tertiary/aromatic N) is 1. The number of rotatable bonds is 6. The maximum absolute atomic E-state index is 12.7. The van der Waals surface area contributed by atoms with Crippen molar-refractivity contribution in [3.05, 3.63) is 69.3 Å². The monoisotopic (exact) mass is 367 g/mol. The van der Waals surface area contributed by atoms with Crippen molar-refractivity contribution in [1.29, 1.82) is 0 Å². The van der Waals surface area contributed by atoms with E-state index < -0.39 is 22.4 Å². The van der Waals surface area contributed by atoms with E-state index in [2.05, 4.69) is 10.6 Å². The third kappa shape index (κ3) is 4.71. The molecule has 9 heteroatoms. The molecule has 0 radical (unpaired) electrons. The number of nitrogens with one attached hydrogen (secondary N) is 2. The third-order valence-electron chi connectivity index (χ3n) is 3.64. The summed E-state index contributed by atoms with van der Waals surface area (Å²) in [6, 6.07) is 9.24. The van der Waals surface area contributed by atoms with Crippen molar-refractivity contribution in [3.63, 3.8) is 0 Å². The first-order chi connectivity index (χ1) is 12.2. The molecule has 0 bridgehead atoms. The van der Waals surface area contributed by atoms with Crippen molar-refractivity contribution in [3.8, 4) is 0 Å². The van der Waals surface area contributed by atoms with E-state index >= 15 is 0 Å². The maximum Gasteiger partial charge on any atom is 0.416 e. The second-order valence-corrected chi connectivity index (χ2v) is 5.48. The van der Waals surface area contributed by atoms with Crippen molar-refractivity contribution in [2.75, 3.05) is 18.4 Å². The van der Waals surface area contributed by atoms with E-state index in [1.165, 1.54) is 0 Å². The van der Waals surface area contributed by atoms with E-state index in [0.717, 1.165) is 17.7 Å². The Labute approximate surface area is 147 Å². The molecule has 2 aromatic rings. The average molecular weight is 367 g/mol. The quantitative estimate of drug-likeness (QED) is 0.463. The van der Waals surface area contributed by atoms with Crippen LogP contribution in [0.3, 0.4) is 0 Å². The zero-order valence-electron chi connectivity index (χ0n) is 13.8. The Morgan fingerprint density at radius 3 is 2.46 bits per heavy atom. The summed E-state index contributed by atoms with van der Waals surface area (Å²) in [4.78, 5) is 22.1. The summed E-state index contributed by atoms with van der Waals surface area (Å²) in [5.41, 5.74) is -0.509. The van der Waals surface area contributed by atoms with Crippen LogP contribution in [0.4, 0.5) is 24.5 Å². The molecule has 2 aromatic carbocycles. The van der Waals surface area contributed by atoms with E-state index in [-0.39, 0.29) is 24.7 Å². The van der Waals surface area contributed by atoms with E-state index in [1.54, 1.807) is 31.2 Å². The molecule has 0 aliphatic heterocycles. The summed E-state index contributed by atoms with van der Waals surface area (Å²) in [6.45, 7) is 2.05. The Morgan fingerprint density at radius 1 is 1.15 bits per heavy atom. The van der Waals surface area contributed by atoms with Gasteiger partial charge in [-0.25, -0.2) is 0 Å². The molecule has 0 spiro atoms. The number of aryl methyl sites for hydroxylation is 1. The predicted octanol–water partition coefficient (Wildman–Crippen LogP) is 3.76. The van der Waals surface area contributed by atoms with Crippen LogP contribution in [0, 0.1) is 17.0 Å². The number of hydrogen-bond donors (Lipinski definition) is 2. The molecule has 0 saturated heterocycles. The highest BCUT2D eigenvalue weighted by Crippen LogP contribution is 2.34. The van der Waals surface area contributed by atoms with Crippen LogP contribution in [0.1, 0.15) is 21.5 Å². The summed E-state index contributed by atoms with van der Waals surface area (Å²) in [6.07, 6.45) is -4.66. The molecule has 2 N–H and O–H groups in total. The summed E-state index contributed by atoms with van der Waals surface area (Å²) >= 11 is 0. The lowest BCUT2D eigenvalue weighted by atomic mass is 10.1. The van der Waals surface area contributed by atoms with Crippen molar-refractivity contribution >= 4 is 17.3 Å². The Kier molecular flexibility index (Phi) is 5.81. The second-order valence-electron chi connectivity index (χ2n) is 5.48. The van der Waals surface area contributed by atoms with Crippen molar-refractivity contribution < 1.29 is 22.9 Å². The largest absolute Gasteiger partial charge is 0.416 e. The van der Waals surface area contributed by atoms with Gasteiger partial charge < -0.3 is 10.6 Å². The smallest absolute Gasteiger partial charge is 0.378 e. The van der Waals surface area contributed by atoms with Crippen LogP contribution >= 0.6 is 0 Å². The van der Waals surface area contributed by atoms with Crippen LogP contribution in [-0.4, -0.2) is 23.9 Å². The number of nitro benzene ring substituents is 1. The molecule has 0 saturated carbocycles. The molecule has 0 unspecified atom stereocenters. The summed E-state index contributed by atoms with van der Waals surface area (Å²) < 4.78 is 38.0. The molecule has 0 aliphatic carbocycles.